The summed E-state index contributed by atoms with van der Waals surface area (Å²) in [6, 6.07) is 20.3. The average molecular weight is 438 g/mol. The van der Waals surface area contributed by atoms with Gasteiger partial charge in [0.2, 0.25) is 5.95 Å². The largest absolute Gasteiger partial charge is 0.493 e. The molecule has 0 saturated carbocycles. The molecule has 0 aliphatic rings. The van der Waals surface area contributed by atoms with Crippen LogP contribution in [0.25, 0.3) is 0 Å². The summed E-state index contributed by atoms with van der Waals surface area (Å²) in [5.41, 5.74) is 2.64. The van der Waals surface area contributed by atoms with Crippen LogP contribution in [0.2, 0.25) is 0 Å². The molecule has 0 aliphatic heterocycles. The Morgan fingerprint density at radius 2 is 1.75 bits per heavy atom. The molecule has 0 radical (unpaired) electrons. The standard InChI is InChI=1S/C26H29FN2O3/c27-25-15-14-22(17-28-25)19-29(18-21-9-3-1-4-10-21)20-23-11-6-7-12-24(23)32-16-8-2-5-13-26(30)31/h1,3-4,6-7,9-12,14-15,17H,2,5,8,13,16,18-20H2,(H,30,31)/i18D. The number of hydrogen-bond donors (Lipinski definition) is 1. The van der Waals surface area contributed by atoms with E-state index in [1.165, 1.54) is 12.3 Å². The first-order chi connectivity index (χ1) is 16.0. The van der Waals surface area contributed by atoms with E-state index in [2.05, 4.69) is 4.98 Å². The van der Waals surface area contributed by atoms with Gasteiger partial charge in [0.05, 0.1) is 6.61 Å². The highest BCUT2D eigenvalue weighted by molar-refractivity contribution is 5.66. The number of hydrogen-bond acceptors (Lipinski definition) is 4. The third kappa shape index (κ3) is 8.12. The Morgan fingerprint density at radius 1 is 0.969 bits per heavy atom. The minimum Gasteiger partial charge on any atom is -0.493 e. The van der Waals surface area contributed by atoms with Crippen LogP contribution in [-0.2, 0) is 24.4 Å². The second kappa shape index (κ2) is 12.6. The first-order valence-corrected chi connectivity index (χ1v) is 10.8. The Labute approximate surface area is 189 Å². The van der Waals surface area contributed by atoms with Gasteiger partial charge >= 0.3 is 5.97 Å². The molecule has 3 rings (SSSR count). The zero-order valence-corrected chi connectivity index (χ0v) is 18.0. The fourth-order valence-electron chi connectivity index (χ4n) is 3.36. The van der Waals surface area contributed by atoms with E-state index in [0.29, 0.717) is 26.1 Å². The number of pyridine rings is 1. The van der Waals surface area contributed by atoms with Crippen molar-refractivity contribution in [3.8, 4) is 5.75 Å². The minimum absolute atomic E-state index is 0.175. The maximum Gasteiger partial charge on any atom is 0.303 e. The molecule has 1 unspecified atom stereocenters. The molecule has 1 N–H and O–H groups in total. The zero-order chi connectivity index (χ0) is 23.5. The molecule has 2 aromatic carbocycles. The molecule has 0 amide bonds. The number of para-hydroxylation sites is 1. The van der Waals surface area contributed by atoms with E-state index in [4.69, 9.17) is 11.2 Å². The molecule has 0 aliphatic carbocycles. The highest BCUT2D eigenvalue weighted by Gasteiger charge is 2.12. The van der Waals surface area contributed by atoms with E-state index < -0.39 is 18.4 Å². The lowest BCUT2D eigenvalue weighted by molar-refractivity contribution is -0.137. The van der Waals surface area contributed by atoms with Crippen LogP contribution in [-0.4, -0.2) is 27.6 Å². The number of aromatic nitrogens is 1. The summed E-state index contributed by atoms with van der Waals surface area (Å²) >= 11 is 0. The quantitative estimate of drug-likeness (QED) is 0.285. The molecule has 0 saturated heterocycles. The number of carboxylic acid groups (broad SMARTS) is 1. The third-order valence-corrected chi connectivity index (χ3v) is 4.94. The van der Waals surface area contributed by atoms with Gasteiger partial charge < -0.3 is 9.84 Å². The molecule has 1 heterocycles. The van der Waals surface area contributed by atoms with E-state index in [9.17, 15) is 9.18 Å². The summed E-state index contributed by atoms with van der Waals surface area (Å²) in [6.07, 6.45) is 3.88. The topological polar surface area (TPSA) is 62.7 Å². The van der Waals surface area contributed by atoms with Crippen LogP contribution in [0.1, 0.15) is 43.7 Å². The number of unbranched alkanes of at least 4 members (excludes halogenated alkanes) is 2. The van der Waals surface area contributed by atoms with Gasteiger partial charge in [0, 0.05) is 39.2 Å². The fourth-order valence-corrected chi connectivity index (χ4v) is 3.36. The summed E-state index contributed by atoms with van der Waals surface area (Å²) in [5, 5.41) is 8.74. The lowest BCUT2D eigenvalue weighted by atomic mass is 10.1. The highest BCUT2D eigenvalue weighted by Crippen LogP contribution is 2.22. The van der Waals surface area contributed by atoms with Gasteiger partial charge in [-0.15, -0.1) is 0 Å². The van der Waals surface area contributed by atoms with Crippen LogP contribution in [0.15, 0.2) is 72.9 Å². The van der Waals surface area contributed by atoms with Crippen LogP contribution in [0.5, 0.6) is 5.75 Å². The van der Waals surface area contributed by atoms with Crippen molar-refractivity contribution < 1.29 is 20.4 Å². The first kappa shape index (κ1) is 22.0. The van der Waals surface area contributed by atoms with Crippen molar-refractivity contribution in [3.63, 3.8) is 0 Å². The zero-order valence-electron chi connectivity index (χ0n) is 19.0. The molecule has 1 atom stereocenters. The van der Waals surface area contributed by atoms with Crippen molar-refractivity contribution in [2.75, 3.05) is 6.61 Å². The van der Waals surface area contributed by atoms with Gasteiger partial charge in [0.1, 0.15) is 5.75 Å². The maximum atomic E-state index is 13.3. The second-order valence-corrected chi connectivity index (χ2v) is 7.59. The summed E-state index contributed by atoms with van der Waals surface area (Å²) in [7, 11) is 0. The van der Waals surface area contributed by atoms with Crippen LogP contribution < -0.4 is 4.74 Å². The molecule has 3 aromatic rings. The highest BCUT2D eigenvalue weighted by atomic mass is 19.1. The predicted molar refractivity (Wildman–Crippen MR) is 122 cm³/mol. The predicted octanol–water partition coefficient (Wildman–Crippen LogP) is 5.45. The number of carbonyl (C=O) groups is 1. The van der Waals surface area contributed by atoms with E-state index >= 15 is 0 Å². The summed E-state index contributed by atoms with van der Waals surface area (Å²) < 4.78 is 28.1. The Balaban J connectivity index is 1.71. The van der Waals surface area contributed by atoms with Crippen molar-refractivity contribution in [1.29, 1.82) is 0 Å². The van der Waals surface area contributed by atoms with Crippen molar-refractivity contribution in [2.45, 2.75) is 45.3 Å². The van der Waals surface area contributed by atoms with Crippen LogP contribution in [0.4, 0.5) is 4.39 Å². The molecule has 0 bridgehead atoms. The minimum atomic E-state index is -0.777. The summed E-state index contributed by atoms with van der Waals surface area (Å²) in [5.74, 6) is -0.558. The molecule has 168 valence electrons. The van der Waals surface area contributed by atoms with Crippen LogP contribution in [0.3, 0.4) is 0 Å². The third-order valence-electron chi connectivity index (χ3n) is 4.94. The SMILES string of the molecule is [2H]C(c1ccccc1)N(Cc1ccc(F)nc1)Cc1ccccc1OCCCCCC(=O)O. The molecule has 0 fully saturated rings. The van der Waals surface area contributed by atoms with Crippen LogP contribution in [0, 0.1) is 5.95 Å². The first-order valence-electron chi connectivity index (χ1n) is 11.3. The second-order valence-electron chi connectivity index (χ2n) is 7.59. The molecule has 0 spiro atoms. The van der Waals surface area contributed by atoms with E-state index in [-0.39, 0.29) is 6.42 Å². The average Bonchev–Trinajstić information content (AvgIpc) is 2.83. The summed E-state index contributed by atoms with van der Waals surface area (Å²) in [4.78, 5) is 16.4. The van der Waals surface area contributed by atoms with Crippen molar-refractivity contribution >= 4 is 5.97 Å². The van der Waals surface area contributed by atoms with Gasteiger partial charge in [-0.25, -0.2) is 4.98 Å². The Hall–Kier alpha value is -3.25. The van der Waals surface area contributed by atoms with Crippen LogP contribution >= 0.6 is 0 Å². The molecule has 1 aromatic heterocycles. The lowest BCUT2D eigenvalue weighted by Gasteiger charge is -2.24. The number of benzene rings is 2. The Morgan fingerprint density at radius 3 is 2.50 bits per heavy atom. The lowest BCUT2D eigenvalue weighted by Crippen LogP contribution is -2.23. The molecular formula is C26H29FN2O3. The number of carboxylic acids is 1. The van der Waals surface area contributed by atoms with E-state index in [0.717, 1.165) is 35.3 Å². The van der Waals surface area contributed by atoms with Gasteiger partial charge in [0.25, 0.3) is 0 Å². The van der Waals surface area contributed by atoms with Gasteiger partial charge in [-0.1, -0.05) is 54.6 Å². The van der Waals surface area contributed by atoms with Crippen molar-refractivity contribution in [2.24, 2.45) is 0 Å². The number of nitrogens with zero attached hydrogens (tertiary/aromatic N) is 2. The molecular weight excluding hydrogens is 407 g/mol. The molecule has 5 nitrogen and oxygen atoms in total. The van der Waals surface area contributed by atoms with E-state index in [1.54, 1.807) is 6.07 Å². The van der Waals surface area contributed by atoms with Gasteiger partial charge in [-0.3, -0.25) is 9.69 Å². The monoisotopic (exact) mass is 437 g/mol. The van der Waals surface area contributed by atoms with Crippen molar-refractivity contribution in [3.05, 3.63) is 95.6 Å². The van der Waals surface area contributed by atoms with Gasteiger partial charge in [-0.2, -0.15) is 4.39 Å². The number of ether oxygens (including phenoxy) is 1. The van der Waals surface area contributed by atoms with Gasteiger partial charge in [-0.05, 0) is 42.5 Å². The fraction of sp³-hybridized carbons (Fsp3) is 0.308. The van der Waals surface area contributed by atoms with Crippen molar-refractivity contribution in [1.82, 2.24) is 9.88 Å². The Kier molecular flexibility index (Phi) is 8.63. The number of rotatable bonds is 13. The smallest absolute Gasteiger partial charge is 0.303 e. The maximum absolute atomic E-state index is 13.3. The Bertz CT molecular complexity index is 1000. The molecule has 6 heteroatoms. The normalized spacial score (nSPS) is 12.4. The van der Waals surface area contributed by atoms with E-state index in [1.807, 2.05) is 59.5 Å². The number of halogens is 1. The summed E-state index contributed by atoms with van der Waals surface area (Å²) in [6.45, 7) is 0.775. The van der Waals surface area contributed by atoms with Gasteiger partial charge in [0.15, 0.2) is 0 Å². The number of aliphatic carboxylic acids is 1. The molecule has 32 heavy (non-hydrogen) atoms.